The third kappa shape index (κ3) is 59.8. The molecule has 74 heavy (non-hydrogen) atoms. The molecule has 2 unspecified atom stereocenters. The zero-order valence-electron chi connectivity index (χ0n) is 50.4. The van der Waals surface area contributed by atoms with Gasteiger partial charge in [0.05, 0.1) is 25.4 Å². The van der Waals surface area contributed by atoms with E-state index < -0.39 is 12.1 Å². The lowest BCUT2D eigenvalue weighted by atomic mass is 10.0. The average molecular weight is 1040 g/mol. The number of carbonyl (C=O) groups is 2. The molecule has 0 aromatic heterocycles. The lowest BCUT2D eigenvalue weighted by Gasteiger charge is -2.22. The molecule has 0 heterocycles. The fourth-order valence-electron chi connectivity index (χ4n) is 10.9. The molecule has 440 valence electrons. The Hall–Kier alpha value is -1.40. The minimum atomic E-state index is -0.664. The predicted molar refractivity (Wildman–Crippen MR) is 324 cm³/mol. The molecule has 0 saturated carbocycles. The standard InChI is InChI=1S/C68H133NO5/c1-3-5-7-9-11-13-15-17-19-20-26-29-33-36-40-44-48-52-56-60-66(71)65(64-70)69-67(72)61-57-53-49-45-41-37-34-30-27-24-22-21-23-25-28-31-35-39-43-47-51-55-59-63-74-68(73)62-58-54-50-46-42-38-32-18-16-14-12-10-8-6-4-2/h18,32,65-66,70-71H,3-17,19-31,33-64H2,1-2H3,(H,69,72)/b32-18-. The van der Waals surface area contributed by atoms with Crippen LogP contribution in [0.15, 0.2) is 12.2 Å². The fourth-order valence-corrected chi connectivity index (χ4v) is 10.9. The van der Waals surface area contributed by atoms with Crippen LogP contribution in [0.5, 0.6) is 0 Å². The SMILES string of the molecule is CCCCCCCC/C=C\CCCCCCCC(=O)OCCCCCCCCCCCCCCCCCCCCCCCCCC(=O)NC(CO)C(O)CCCCCCCCCCCCCCCCCCCCC. The molecule has 0 aliphatic carbocycles. The summed E-state index contributed by atoms with van der Waals surface area (Å²) in [4.78, 5) is 24.6. The average Bonchev–Trinajstić information content (AvgIpc) is 3.40. The highest BCUT2D eigenvalue weighted by molar-refractivity contribution is 5.76. The van der Waals surface area contributed by atoms with Crippen molar-refractivity contribution in [1.82, 2.24) is 5.32 Å². The van der Waals surface area contributed by atoms with E-state index in [-0.39, 0.29) is 18.5 Å². The number of rotatable bonds is 64. The number of allylic oxidation sites excluding steroid dienone is 2. The molecule has 1 amide bonds. The Morgan fingerprint density at radius 1 is 0.365 bits per heavy atom. The van der Waals surface area contributed by atoms with E-state index in [2.05, 4.69) is 31.3 Å². The van der Waals surface area contributed by atoms with E-state index >= 15 is 0 Å². The Morgan fingerprint density at radius 3 is 0.959 bits per heavy atom. The molecule has 3 N–H and O–H groups in total. The largest absolute Gasteiger partial charge is 0.466 e. The number of carbonyl (C=O) groups excluding carboxylic acids is 2. The first-order chi connectivity index (χ1) is 36.5. The molecule has 0 radical (unpaired) electrons. The van der Waals surface area contributed by atoms with Gasteiger partial charge in [0.2, 0.25) is 5.91 Å². The van der Waals surface area contributed by atoms with Crippen LogP contribution in [0.25, 0.3) is 0 Å². The highest BCUT2D eigenvalue weighted by Gasteiger charge is 2.20. The number of unbranched alkanes of at least 4 members (excludes halogenated alkanes) is 51. The summed E-state index contributed by atoms with van der Waals surface area (Å²) >= 11 is 0. The first kappa shape index (κ1) is 72.6. The molecule has 0 spiro atoms. The van der Waals surface area contributed by atoms with Crippen molar-refractivity contribution in [1.29, 1.82) is 0 Å². The lowest BCUT2D eigenvalue weighted by molar-refractivity contribution is -0.143. The van der Waals surface area contributed by atoms with Gasteiger partial charge in [-0.25, -0.2) is 0 Å². The number of nitrogens with one attached hydrogen (secondary N) is 1. The fraction of sp³-hybridized carbons (Fsp3) is 0.941. The van der Waals surface area contributed by atoms with E-state index in [1.807, 2.05) is 0 Å². The van der Waals surface area contributed by atoms with Gasteiger partial charge in [-0.1, -0.05) is 334 Å². The monoisotopic (exact) mass is 1040 g/mol. The third-order valence-corrected chi connectivity index (χ3v) is 16.1. The lowest BCUT2D eigenvalue weighted by Crippen LogP contribution is -2.45. The van der Waals surface area contributed by atoms with Gasteiger partial charge in [-0.15, -0.1) is 0 Å². The number of esters is 1. The molecule has 0 saturated heterocycles. The molecule has 6 nitrogen and oxygen atoms in total. The normalized spacial score (nSPS) is 12.5. The summed E-state index contributed by atoms with van der Waals surface area (Å²) in [5.41, 5.74) is 0. The number of hydrogen-bond donors (Lipinski definition) is 3. The smallest absolute Gasteiger partial charge is 0.305 e. The van der Waals surface area contributed by atoms with Crippen LogP contribution in [-0.4, -0.2) is 47.4 Å². The minimum Gasteiger partial charge on any atom is -0.466 e. The van der Waals surface area contributed by atoms with Crippen molar-refractivity contribution in [3.8, 4) is 0 Å². The second-order valence-electron chi connectivity index (χ2n) is 23.5. The summed E-state index contributed by atoms with van der Waals surface area (Å²) in [6.45, 7) is 4.98. The van der Waals surface area contributed by atoms with Gasteiger partial charge < -0.3 is 20.3 Å². The van der Waals surface area contributed by atoms with Crippen molar-refractivity contribution in [2.24, 2.45) is 0 Å². The number of ether oxygens (including phenoxy) is 1. The zero-order valence-corrected chi connectivity index (χ0v) is 50.4. The van der Waals surface area contributed by atoms with Crippen molar-refractivity contribution >= 4 is 11.9 Å². The van der Waals surface area contributed by atoms with Gasteiger partial charge in [0.15, 0.2) is 0 Å². The van der Waals surface area contributed by atoms with Gasteiger partial charge in [0.25, 0.3) is 0 Å². The van der Waals surface area contributed by atoms with Crippen LogP contribution < -0.4 is 5.32 Å². The van der Waals surface area contributed by atoms with Gasteiger partial charge in [0.1, 0.15) is 0 Å². The zero-order chi connectivity index (χ0) is 53.6. The Kier molecular flexibility index (Phi) is 62.9. The maximum absolute atomic E-state index is 12.5. The van der Waals surface area contributed by atoms with Crippen LogP contribution in [-0.2, 0) is 14.3 Å². The molecule has 2 atom stereocenters. The van der Waals surface area contributed by atoms with Crippen LogP contribution >= 0.6 is 0 Å². The van der Waals surface area contributed by atoms with Crippen LogP contribution in [0.1, 0.15) is 386 Å². The van der Waals surface area contributed by atoms with Crippen molar-refractivity contribution in [3.05, 3.63) is 12.2 Å². The van der Waals surface area contributed by atoms with Gasteiger partial charge in [0, 0.05) is 12.8 Å². The molecule has 0 aromatic rings. The molecule has 0 aliphatic heterocycles. The second kappa shape index (κ2) is 64.1. The highest BCUT2D eigenvalue weighted by atomic mass is 16.5. The Labute approximate surface area is 463 Å². The van der Waals surface area contributed by atoms with Crippen LogP contribution in [0, 0.1) is 0 Å². The summed E-state index contributed by atoms with van der Waals surface area (Å²) in [5.74, 6) is -0.0227. The van der Waals surface area contributed by atoms with Gasteiger partial charge >= 0.3 is 5.97 Å². The minimum absolute atomic E-state index is 0.00755. The quantitative estimate of drug-likeness (QED) is 0.0320. The van der Waals surface area contributed by atoms with E-state index in [4.69, 9.17) is 4.74 Å². The van der Waals surface area contributed by atoms with E-state index in [0.717, 1.165) is 44.9 Å². The van der Waals surface area contributed by atoms with Crippen molar-refractivity contribution in [2.75, 3.05) is 13.2 Å². The topological polar surface area (TPSA) is 95.9 Å². The van der Waals surface area contributed by atoms with E-state index in [0.29, 0.717) is 25.9 Å². The predicted octanol–water partition coefficient (Wildman–Crippen LogP) is 21.6. The van der Waals surface area contributed by atoms with E-state index in [1.165, 1.54) is 308 Å². The van der Waals surface area contributed by atoms with Crippen LogP contribution in [0.3, 0.4) is 0 Å². The maximum atomic E-state index is 12.5. The Balaban J connectivity index is 3.37. The Bertz CT molecular complexity index is 1110. The molecule has 6 heteroatoms. The van der Waals surface area contributed by atoms with Crippen LogP contribution in [0.2, 0.25) is 0 Å². The molecule has 0 rings (SSSR count). The molecular formula is C68H133NO5. The summed E-state index contributed by atoms with van der Waals surface area (Å²) in [5, 5.41) is 23.4. The number of hydrogen-bond acceptors (Lipinski definition) is 5. The molecular weight excluding hydrogens is 911 g/mol. The summed E-state index contributed by atoms with van der Waals surface area (Å²) in [7, 11) is 0. The molecule has 0 aromatic carbocycles. The van der Waals surface area contributed by atoms with Crippen molar-refractivity contribution < 1.29 is 24.5 Å². The maximum Gasteiger partial charge on any atom is 0.305 e. The van der Waals surface area contributed by atoms with Gasteiger partial charge in [-0.3, -0.25) is 9.59 Å². The molecule has 0 bridgehead atoms. The number of aliphatic hydroxyl groups excluding tert-OH is 2. The van der Waals surface area contributed by atoms with E-state index in [9.17, 15) is 19.8 Å². The van der Waals surface area contributed by atoms with Gasteiger partial charge in [-0.05, 0) is 51.4 Å². The second-order valence-corrected chi connectivity index (χ2v) is 23.5. The van der Waals surface area contributed by atoms with E-state index in [1.54, 1.807) is 0 Å². The summed E-state index contributed by atoms with van der Waals surface area (Å²) in [6.07, 6.45) is 78.1. The van der Waals surface area contributed by atoms with Gasteiger partial charge in [-0.2, -0.15) is 0 Å². The van der Waals surface area contributed by atoms with Crippen molar-refractivity contribution in [2.45, 2.75) is 398 Å². The summed E-state index contributed by atoms with van der Waals surface area (Å²) < 4.78 is 5.49. The molecule has 0 aliphatic rings. The van der Waals surface area contributed by atoms with Crippen LogP contribution in [0.4, 0.5) is 0 Å². The first-order valence-corrected chi connectivity index (χ1v) is 33.9. The molecule has 0 fully saturated rings. The van der Waals surface area contributed by atoms with Crippen molar-refractivity contribution in [3.63, 3.8) is 0 Å². The summed E-state index contributed by atoms with van der Waals surface area (Å²) in [6, 6.07) is -0.541. The Morgan fingerprint density at radius 2 is 0.635 bits per heavy atom. The third-order valence-electron chi connectivity index (χ3n) is 16.1. The highest BCUT2D eigenvalue weighted by Crippen LogP contribution is 2.19. The first-order valence-electron chi connectivity index (χ1n) is 33.9. The number of aliphatic hydroxyl groups is 2. The number of amides is 1.